The number of carbonyl (C=O) groups excluding carboxylic acids is 2. The first kappa shape index (κ1) is 8.83. The third-order valence-corrected chi connectivity index (χ3v) is 1.75. The number of hydrogen-bond acceptors (Lipinski definition) is 3. The Balaban J connectivity index is 2.45. The van der Waals surface area contributed by atoms with Gasteiger partial charge in [0.15, 0.2) is 0 Å². The van der Waals surface area contributed by atoms with E-state index in [2.05, 4.69) is 10.1 Å². The molecule has 0 spiro atoms. The van der Waals surface area contributed by atoms with Crippen LogP contribution in [0, 0.1) is 0 Å². The minimum absolute atomic E-state index is 0.0126. The summed E-state index contributed by atoms with van der Waals surface area (Å²) in [6.45, 7) is 1.48. The van der Waals surface area contributed by atoms with Crippen LogP contribution in [-0.4, -0.2) is 43.6 Å². The minimum atomic E-state index is -0.369. The highest BCUT2D eigenvalue weighted by Crippen LogP contribution is 1.98. The second-order valence-corrected chi connectivity index (χ2v) is 2.56. The predicted molar refractivity (Wildman–Crippen MR) is 41.6 cm³/mol. The van der Waals surface area contributed by atoms with Gasteiger partial charge in [-0.2, -0.15) is 0 Å². The Morgan fingerprint density at radius 3 is 3.00 bits per heavy atom. The molecule has 0 aromatic carbocycles. The van der Waals surface area contributed by atoms with Crippen LogP contribution in [0.3, 0.4) is 0 Å². The highest BCUT2D eigenvalue weighted by Gasteiger charge is 2.17. The molecule has 1 heterocycles. The summed E-state index contributed by atoms with van der Waals surface area (Å²) in [7, 11) is 1.34. The largest absolute Gasteiger partial charge is 0.453 e. The summed E-state index contributed by atoms with van der Waals surface area (Å²) in [6.07, 6.45) is -0.0127. The van der Waals surface area contributed by atoms with Gasteiger partial charge in [-0.15, -0.1) is 0 Å². The van der Waals surface area contributed by atoms with Crippen LogP contribution < -0.4 is 5.32 Å². The Morgan fingerprint density at radius 1 is 1.58 bits per heavy atom. The second-order valence-electron chi connectivity index (χ2n) is 2.56. The van der Waals surface area contributed by atoms with Gasteiger partial charge in [-0.3, -0.25) is 4.79 Å². The Morgan fingerprint density at radius 2 is 2.33 bits per heavy atom. The number of nitrogens with zero attached hydrogens (tertiary/aromatic N) is 1. The summed E-state index contributed by atoms with van der Waals surface area (Å²) in [4.78, 5) is 23.4. The first-order valence-corrected chi connectivity index (χ1v) is 3.83. The molecule has 1 N–H and O–H groups in total. The van der Waals surface area contributed by atoms with E-state index in [4.69, 9.17) is 0 Å². The molecular formula is C7H12N2O3. The molecule has 0 aliphatic carbocycles. The summed E-state index contributed by atoms with van der Waals surface area (Å²) in [5.74, 6) is -0.0126. The molecule has 0 bridgehead atoms. The van der Waals surface area contributed by atoms with Crippen molar-refractivity contribution in [3.05, 3.63) is 0 Å². The molecule has 0 atom stereocenters. The lowest BCUT2D eigenvalue weighted by Gasteiger charge is -2.16. The number of rotatable bonds is 0. The van der Waals surface area contributed by atoms with Gasteiger partial charge in [0.25, 0.3) is 0 Å². The lowest BCUT2D eigenvalue weighted by Crippen LogP contribution is -2.33. The van der Waals surface area contributed by atoms with Crippen LogP contribution in [0.25, 0.3) is 0 Å². The highest BCUT2D eigenvalue weighted by molar-refractivity contribution is 5.77. The molecule has 0 radical (unpaired) electrons. The Labute approximate surface area is 70.7 Å². The topological polar surface area (TPSA) is 58.6 Å². The van der Waals surface area contributed by atoms with E-state index < -0.39 is 0 Å². The molecule has 1 rings (SSSR count). The summed E-state index contributed by atoms with van der Waals surface area (Å²) in [5, 5.41) is 2.67. The third kappa shape index (κ3) is 2.11. The molecule has 68 valence electrons. The quantitative estimate of drug-likeness (QED) is 0.539. The van der Waals surface area contributed by atoms with E-state index in [1.807, 2.05) is 0 Å². The summed E-state index contributed by atoms with van der Waals surface area (Å²) >= 11 is 0. The van der Waals surface area contributed by atoms with Crippen molar-refractivity contribution in [2.24, 2.45) is 0 Å². The number of amides is 2. The maximum absolute atomic E-state index is 11.0. The van der Waals surface area contributed by atoms with Crippen LogP contribution in [0.4, 0.5) is 4.79 Å². The second kappa shape index (κ2) is 3.94. The van der Waals surface area contributed by atoms with Crippen molar-refractivity contribution >= 4 is 12.0 Å². The fourth-order valence-corrected chi connectivity index (χ4v) is 1.08. The van der Waals surface area contributed by atoms with Crippen molar-refractivity contribution in [3.8, 4) is 0 Å². The summed E-state index contributed by atoms with van der Waals surface area (Å²) in [6, 6.07) is 0. The molecule has 2 amide bonds. The van der Waals surface area contributed by atoms with Crippen molar-refractivity contribution < 1.29 is 14.3 Å². The zero-order valence-corrected chi connectivity index (χ0v) is 7.00. The van der Waals surface area contributed by atoms with Crippen LogP contribution in [0.5, 0.6) is 0 Å². The van der Waals surface area contributed by atoms with Crippen LogP contribution in [0.2, 0.25) is 0 Å². The monoisotopic (exact) mass is 172 g/mol. The molecule has 12 heavy (non-hydrogen) atoms. The maximum atomic E-state index is 11.0. The number of hydrogen-bond donors (Lipinski definition) is 1. The molecule has 1 saturated heterocycles. The van der Waals surface area contributed by atoms with Crippen LogP contribution >= 0.6 is 0 Å². The number of carbonyl (C=O) groups is 2. The molecule has 0 saturated carbocycles. The van der Waals surface area contributed by atoms with Gasteiger partial charge >= 0.3 is 6.09 Å². The molecule has 0 aromatic rings. The van der Waals surface area contributed by atoms with Gasteiger partial charge in [0.2, 0.25) is 5.91 Å². The summed E-state index contributed by atoms with van der Waals surface area (Å²) < 4.78 is 4.53. The molecular weight excluding hydrogens is 160 g/mol. The van der Waals surface area contributed by atoms with Crippen molar-refractivity contribution in [3.63, 3.8) is 0 Å². The minimum Gasteiger partial charge on any atom is -0.453 e. The van der Waals surface area contributed by atoms with E-state index in [1.54, 1.807) is 0 Å². The van der Waals surface area contributed by atoms with Crippen molar-refractivity contribution in [2.75, 3.05) is 26.7 Å². The van der Waals surface area contributed by atoms with E-state index >= 15 is 0 Å². The zero-order valence-electron chi connectivity index (χ0n) is 7.00. The Kier molecular flexibility index (Phi) is 2.90. The van der Waals surface area contributed by atoms with Gasteiger partial charge in [-0.05, 0) is 0 Å². The van der Waals surface area contributed by atoms with Gasteiger partial charge in [-0.25, -0.2) is 4.79 Å². The Hall–Kier alpha value is -1.26. The average molecular weight is 172 g/mol. The van der Waals surface area contributed by atoms with E-state index in [9.17, 15) is 9.59 Å². The van der Waals surface area contributed by atoms with Crippen LogP contribution in [0.15, 0.2) is 0 Å². The van der Waals surface area contributed by atoms with Crippen molar-refractivity contribution in [1.29, 1.82) is 0 Å². The van der Waals surface area contributed by atoms with Gasteiger partial charge in [-0.1, -0.05) is 0 Å². The normalized spacial score (nSPS) is 18.1. The SMILES string of the molecule is COC(=O)N1CCNC(=O)CC1. The lowest BCUT2D eigenvalue weighted by atomic mass is 10.4. The molecule has 5 nitrogen and oxygen atoms in total. The molecule has 1 aliphatic rings. The smallest absolute Gasteiger partial charge is 0.409 e. The third-order valence-electron chi connectivity index (χ3n) is 1.75. The van der Waals surface area contributed by atoms with Gasteiger partial charge in [0.05, 0.1) is 7.11 Å². The standard InChI is InChI=1S/C7H12N2O3/c1-12-7(11)9-4-2-6(10)8-3-5-9/h2-5H2,1H3,(H,8,10). The van der Waals surface area contributed by atoms with Gasteiger partial charge < -0.3 is 15.0 Å². The number of ether oxygens (including phenoxy) is 1. The molecule has 5 heteroatoms. The summed E-state index contributed by atoms with van der Waals surface area (Å²) in [5.41, 5.74) is 0. The van der Waals surface area contributed by atoms with Gasteiger partial charge in [0.1, 0.15) is 0 Å². The van der Waals surface area contributed by atoms with E-state index in [-0.39, 0.29) is 12.0 Å². The van der Waals surface area contributed by atoms with E-state index in [0.29, 0.717) is 26.1 Å². The molecule has 0 unspecified atom stereocenters. The van der Waals surface area contributed by atoms with Gasteiger partial charge in [0, 0.05) is 26.1 Å². The number of methoxy groups -OCH3 is 1. The highest BCUT2D eigenvalue weighted by atomic mass is 16.5. The van der Waals surface area contributed by atoms with Crippen LogP contribution in [-0.2, 0) is 9.53 Å². The fraction of sp³-hybridized carbons (Fsp3) is 0.714. The predicted octanol–water partition coefficient (Wildman–Crippen LogP) is -0.425. The Bertz CT molecular complexity index is 193. The first-order chi connectivity index (χ1) is 5.74. The lowest BCUT2D eigenvalue weighted by molar-refractivity contribution is -0.120. The van der Waals surface area contributed by atoms with E-state index in [0.717, 1.165) is 0 Å². The first-order valence-electron chi connectivity index (χ1n) is 3.83. The van der Waals surface area contributed by atoms with E-state index in [1.165, 1.54) is 12.0 Å². The van der Waals surface area contributed by atoms with Crippen molar-refractivity contribution in [2.45, 2.75) is 6.42 Å². The molecule has 1 fully saturated rings. The maximum Gasteiger partial charge on any atom is 0.409 e. The fourth-order valence-electron chi connectivity index (χ4n) is 1.08. The molecule has 1 aliphatic heterocycles. The van der Waals surface area contributed by atoms with Crippen LogP contribution in [0.1, 0.15) is 6.42 Å². The van der Waals surface area contributed by atoms with Crippen molar-refractivity contribution in [1.82, 2.24) is 10.2 Å². The zero-order chi connectivity index (χ0) is 8.97. The number of nitrogens with one attached hydrogen (secondary N) is 1. The average Bonchev–Trinajstić information content (AvgIpc) is 2.29. The molecule has 0 aromatic heterocycles.